The summed E-state index contributed by atoms with van der Waals surface area (Å²) in [5.41, 5.74) is 0. The third kappa shape index (κ3) is 2.38. The molecule has 0 aromatic carbocycles. The van der Waals surface area contributed by atoms with Crippen molar-refractivity contribution in [3.63, 3.8) is 0 Å². The third-order valence-corrected chi connectivity index (χ3v) is 6.05. The second kappa shape index (κ2) is 5.31. The predicted molar refractivity (Wildman–Crippen MR) is 80.4 cm³/mol. The van der Waals surface area contributed by atoms with Crippen molar-refractivity contribution >= 4 is 0 Å². The number of aromatic nitrogens is 2. The summed E-state index contributed by atoms with van der Waals surface area (Å²) in [7, 11) is 0. The van der Waals surface area contributed by atoms with Gasteiger partial charge < -0.3 is 9.15 Å². The second-order valence-corrected chi connectivity index (χ2v) is 7.63. The molecule has 120 valence electrons. The SMILES string of the molecule is C1CCC(N2CC[C@@H]3O[C@@H](c4nnc(C5CC5)o4)C[C@H]3C2)C1. The monoisotopic (exact) mass is 303 g/mol. The van der Waals surface area contributed by atoms with Crippen molar-refractivity contribution < 1.29 is 9.15 Å². The van der Waals surface area contributed by atoms with Gasteiger partial charge in [-0.1, -0.05) is 12.8 Å². The maximum Gasteiger partial charge on any atom is 0.245 e. The molecule has 2 saturated carbocycles. The van der Waals surface area contributed by atoms with Crippen molar-refractivity contribution in [2.45, 2.75) is 75.5 Å². The highest BCUT2D eigenvalue weighted by molar-refractivity contribution is 5.03. The lowest BCUT2D eigenvalue weighted by molar-refractivity contribution is -0.0153. The van der Waals surface area contributed by atoms with Gasteiger partial charge in [-0.05, 0) is 38.5 Å². The summed E-state index contributed by atoms with van der Waals surface area (Å²) in [4.78, 5) is 2.73. The molecule has 4 aliphatic rings. The molecule has 2 saturated heterocycles. The molecule has 5 rings (SSSR count). The largest absolute Gasteiger partial charge is 0.422 e. The Morgan fingerprint density at radius 1 is 0.955 bits per heavy atom. The maximum atomic E-state index is 6.25. The normalized spacial score (nSPS) is 36.8. The van der Waals surface area contributed by atoms with Gasteiger partial charge in [0.1, 0.15) is 6.10 Å². The van der Waals surface area contributed by atoms with E-state index >= 15 is 0 Å². The Morgan fingerprint density at radius 2 is 1.77 bits per heavy atom. The molecular formula is C17H25N3O2. The topological polar surface area (TPSA) is 51.4 Å². The smallest absolute Gasteiger partial charge is 0.245 e. The Morgan fingerprint density at radius 3 is 2.59 bits per heavy atom. The molecule has 0 unspecified atom stereocenters. The first-order valence-electron chi connectivity index (χ1n) is 9.09. The number of hydrogen-bond donors (Lipinski definition) is 0. The van der Waals surface area contributed by atoms with Crippen LogP contribution in [0.25, 0.3) is 0 Å². The lowest BCUT2D eigenvalue weighted by Gasteiger charge is -2.37. The number of piperidine rings is 1. The molecule has 2 aliphatic heterocycles. The Labute approximate surface area is 131 Å². The number of nitrogens with zero attached hydrogens (tertiary/aromatic N) is 3. The molecule has 1 aromatic heterocycles. The van der Waals surface area contributed by atoms with Crippen molar-refractivity contribution in [1.82, 2.24) is 15.1 Å². The summed E-state index contributed by atoms with van der Waals surface area (Å²) >= 11 is 0. The van der Waals surface area contributed by atoms with E-state index in [2.05, 4.69) is 15.1 Å². The number of ether oxygens (including phenoxy) is 1. The summed E-state index contributed by atoms with van der Waals surface area (Å²) < 4.78 is 12.1. The standard InChI is InChI=1S/C17H25N3O2/c1-2-4-13(3-1)20-8-7-14-12(10-20)9-15(21-14)17-19-18-16(22-17)11-5-6-11/h11-15H,1-10H2/t12-,14-,15+/m0/s1. The first-order chi connectivity index (χ1) is 10.9. The molecule has 0 radical (unpaired) electrons. The van der Waals surface area contributed by atoms with Crippen LogP contribution in [0.5, 0.6) is 0 Å². The number of rotatable bonds is 3. The molecule has 1 aromatic rings. The van der Waals surface area contributed by atoms with Crippen molar-refractivity contribution in [2.24, 2.45) is 5.92 Å². The fraction of sp³-hybridized carbons (Fsp3) is 0.882. The summed E-state index contributed by atoms with van der Waals surface area (Å²) in [5, 5.41) is 8.47. The molecule has 0 amide bonds. The van der Waals surface area contributed by atoms with Gasteiger partial charge in [0.2, 0.25) is 11.8 Å². The number of likely N-dealkylation sites (tertiary alicyclic amines) is 1. The Kier molecular flexibility index (Phi) is 3.25. The first-order valence-corrected chi connectivity index (χ1v) is 9.09. The van der Waals surface area contributed by atoms with Crippen LogP contribution in [0.4, 0.5) is 0 Å². The molecule has 0 bridgehead atoms. The van der Waals surface area contributed by atoms with Crippen LogP contribution < -0.4 is 0 Å². The minimum absolute atomic E-state index is 0.0403. The van der Waals surface area contributed by atoms with Crippen molar-refractivity contribution in [1.29, 1.82) is 0 Å². The van der Waals surface area contributed by atoms with E-state index in [0.29, 0.717) is 17.9 Å². The van der Waals surface area contributed by atoms with Crippen LogP contribution in [-0.2, 0) is 4.74 Å². The molecular weight excluding hydrogens is 278 g/mol. The van der Waals surface area contributed by atoms with Gasteiger partial charge in [0.15, 0.2) is 0 Å². The van der Waals surface area contributed by atoms with E-state index in [-0.39, 0.29) is 6.10 Å². The maximum absolute atomic E-state index is 6.25. The summed E-state index contributed by atoms with van der Waals surface area (Å²) in [6.45, 7) is 2.41. The van der Waals surface area contributed by atoms with Crippen LogP contribution in [0, 0.1) is 5.92 Å². The third-order valence-electron chi connectivity index (χ3n) is 6.05. The highest BCUT2D eigenvalue weighted by atomic mass is 16.5. The summed E-state index contributed by atoms with van der Waals surface area (Å²) in [5.74, 6) is 2.74. The zero-order chi connectivity index (χ0) is 14.5. The zero-order valence-corrected chi connectivity index (χ0v) is 13.1. The van der Waals surface area contributed by atoms with Crippen molar-refractivity contribution in [2.75, 3.05) is 13.1 Å². The minimum atomic E-state index is 0.0403. The lowest BCUT2D eigenvalue weighted by Crippen LogP contribution is -2.45. The first kappa shape index (κ1) is 13.5. The quantitative estimate of drug-likeness (QED) is 0.859. The number of fused-ring (bicyclic) bond motifs is 1. The van der Waals surface area contributed by atoms with Gasteiger partial charge in [0.05, 0.1) is 6.10 Å². The molecule has 5 nitrogen and oxygen atoms in total. The predicted octanol–water partition coefficient (Wildman–Crippen LogP) is 3.04. The van der Waals surface area contributed by atoms with Gasteiger partial charge in [-0.25, -0.2) is 0 Å². The van der Waals surface area contributed by atoms with Crippen LogP contribution in [-0.4, -0.2) is 40.3 Å². The molecule has 3 atom stereocenters. The van der Waals surface area contributed by atoms with Gasteiger partial charge in [-0.15, -0.1) is 10.2 Å². The summed E-state index contributed by atoms with van der Waals surface area (Å²) in [6, 6.07) is 0.838. The van der Waals surface area contributed by atoms with E-state index in [1.807, 2.05) is 0 Å². The average molecular weight is 303 g/mol. The van der Waals surface area contributed by atoms with E-state index in [0.717, 1.165) is 24.2 Å². The van der Waals surface area contributed by atoms with E-state index < -0.39 is 0 Å². The van der Waals surface area contributed by atoms with E-state index in [1.165, 1.54) is 58.0 Å². The van der Waals surface area contributed by atoms with Crippen molar-refractivity contribution in [3.05, 3.63) is 11.8 Å². The lowest BCUT2D eigenvalue weighted by atomic mass is 9.91. The molecule has 22 heavy (non-hydrogen) atoms. The van der Waals surface area contributed by atoms with Crippen LogP contribution in [0.3, 0.4) is 0 Å². The molecule has 3 heterocycles. The van der Waals surface area contributed by atoms with E-state index in [1.54, 1.807) is 0 Å². The minimum Gasteiger partial charge on any atom is -0.422 e. The second-order valence-electron chi connectivity index (χ2n) is 7.63. The van der Waals surface area contributed by atoms with Gasteiger partial charge in [0.25, 0.3) is 0 Å². The summed E-state index contributed by atoms with van der Waals surface area (Å²) in [6.07, 6.45) is 10.7. The highest BCUT2D eigenvalue weighted by Gasteiger charge is 2.43. The Balaban J connectivity index is 1.25. The fourth-order valence-electron chi connectivity index (χ4n) is 4.62. The molecule has 2 aliphatic carbocycles. The van der Waals surface area contributed by atoms with Crippen LogP contribution >= 0.6 is 0 Å². The molecule has 5 heteroatoms. The van der Waals surface area contributed by atoms with Gasteiger partial charge in [0, 0.05) is 31.0 Å². The molecule has 4 fully saturated rings. The number of hydrogen-bond acceptors (Lipinski definition) is 5. The van der Waals surface area contributed by atoms with Gasteiger partial charge in [-0.3, -0.25) is 4.90 Å². The van der Waals surface area contributed by atoms with Crippen molar-refractivity contribution in [3.8, 4) is 0 Å². The van der Waals surface area contributed by atoms with Crippen LogP contribution in [0.2, 0.25) is 0 Å². The molecule has 0 N–H and O–H groups in total. The van der Waals surface area contributed by atoms with Crippen LogP contribution in [0.15, 0.2) is 4.42 Å². The van der Waals surface area contributed by atoms with E-state index in [9.17, 15) is 0 Å². The Hall–Kier alpha value is -0.940. The molecule has 0 spiro atoms. The fourth-order valence-corrected chi connectivity index (χ4v) is 4.62. The Bertz CT molecular complexity index is 536. The van der Waals surface area contributed by atoms with E-state index in [4.69, 9.17) is 9.15 Å². The van der Waals surface area contributed by atoms with Gasteiger partial charge in [-0.2, -0.15) is 0 Å². The van der Waals surface area contributed by atoms with Crippen LogP contribution in [0.1, 0.15) is 75.2 Å². The highest BCUT2D eigenvalue weighted by Crippen LogP contribution is 2.44. The average Bonchev–Trinajstić information content (AvgIpc) is 3.02. The van der Waals surface area contributed by atoms with Gasteiger partial charge >= 0.3 is 0 Å². The zero-order valence-electron chi connectivity index (χ0n) is 13.1.